The maximum Gasteiger partial charge on any atom is 0.275 e. The average Bonchev–Trinajstić information content (AvgIpc) is 2.96. The van der Waals surface area contributed by atoms with Gasteiger partial charge in [0, 0.05) is 18.5 Å². The lowest BCUT2D eigenvalue weighted by Crippen LogP contribution is -2.30. The second-order valence-corrected chi connectivity index (χ2v) is 4.89. The molecule has 0 atom stereocenters. The molecule has 4 rings (SSSR count). The fourth-order valence-electron chi connectivity index (χ4n) is 2.76. The molecule has 19 heavy (non-hydrogen) atoms. The molecule has 6 heteroatoms. The SMILES string of the molecule is c1ccc2c(c1)c(N1CCCCC1)nc1nnnn12. The van der Waals surface area contributed by atoms with Crippen LogP contribution in [0.1, 0.15) is 19.3 Å². The average molecular weight is 254 g/mol. The van der Waals surface area contributed by atoms with Crippen LogP contribution in [-0.4, -0.2) is 38.1 Å². The third-order valence-electron chi connectivity index (χ3n) is 3.69. The van der Waals surface area contributed by atoms with Gasteiger partial charge in [-0.15, -0.1) is 0 Å². The van der Waals surface area contributed by atoms with Crippen LogP contribution in [0, 0.1) is 0 Å². The summed E-state index contributed by atoms with van der Waals surface area (Å²) in [6.07, 6.45) is 3.77. The van der Waals surface area contributed by atoms with Crippen molar-refractivity contribution in [3.63, 3.8) is 0 Å². The summed E-state index contributed by atoms with van der Waals surface area (Å²) in [5, 5.41) is 12.8. The van der Waals surface area contributed by atoms with Crippen molar-refractivity contribution >= 4 is 22.5 Å². The lowest BCUT2D eigenvalue weighted by molar-refractivity contribution is 0.575. The van der Waals surface area contributed by atoms with E-state index in [0.29, 0.717) is 5.78 Å². The van der Waals surface area contributed by atoms with E-state index in [2.05, 4.69) is 31.5 Å². The lowest BCUT2D eigenvalue weighted by atomic mass is 10.1. The predicted molar refractivity (Wildman–Crippen MR) is 72.1 cm³/mol. The molecule has 2 aromatic heterocycles. The molecule has 0 spiro atoms. The van der Waals surface area contributed by atoms with Crippen molar-refractivity contribution in [2.24, 2.45) is 0 Å². The molecular weight excluding hydrogens is 240 g/mol. The van der Waals surface area contributed by atoms with Crippen LogP contribution in [0.25, 0.3) is 16.7 Å². The third-order valence-corrected chi connectivity index (χ3v) is 3.69. The molecule has 3 aromatic rings. The summed E-state index contributed by atoms with van der Waals surface area (Å²) >= 11 is 0. The quantitative estimate of drug-likeness (QED) is 0.661. The van der Waals surface area contributed by atoms with Gasteiger partial charge in [0.15, 0.2) is 0 Å². The van der Waals surface area contributed by atoms with E-state index >= 15 is 0 Å². The van der Waals surface area contributed by atoms with Gasteiger partial charge in [0.25, 0.3) is 5.78 Å². The van der Waals surface area contributed by atoms with Gasteiger partial charge in [-0.3, -0.25) is 0 Å². The normalized spacial score (nSPS) is 16.3. The third kappa shape index (κ3) is 1.63. The molecule has 3 heterocycles. The Balaban J connectivity index is 2.00. The molecule has 1 aromatic carbocycles. The van der Waals surface area contributed by atoms with Gasteiger partial charge in [-0.25, -0.2) is 0 Å². The molecular formula is C13H14N6. The van der Waals surface area contributed by atoms with E-state index in [-0.39, 0.29) is 0 Å². The highest BCUT2D eigenvalue weighted by molar-refractivity contribution is 5.91. The number of benzene rings is 1. The van der Waals surface area contributed by atoms with E-state index in [4.69, 9.17) is 0 Å². The molecule has 0 bridgehead atoms. The van der Waals surface area contributed by atoms with Crippen LogP contribution >= 0.6 is 0 Å². The minimum absolute atomic E-state index is 0.569. The molecule has 0 aliphatic carbocycles. The number of nitrogens with zero attached hydrogens (tertiary/aromatic N) is 6. The second-order valence-electron chi connectivity index (χ2n) is 4.89. The van der Waals surface area contributed by atoms with Gasteiger partial charge < -0.3 is 4.90 Å². The number of aromatic nitrogens is 5. The molecule has 1 aliphatic rings. The highest BCUT2D eigenvalue weighted by atomic mass is 15.5. The minimum atomic E-state index is 0.569. The summed E-state index contributed by atoms with van der Waals surface area (Å²) < 4.78 is 1.70. The molecule has 0 unspecified atom stereocenters. The summed E-state index contributed by atoms with van der Waals surface area (Å²) in [5.74, 6) is 1.58. The Bertz CT molecular complexity index is 728. The monoisotopic (exact) mass is 254 g/mol. The first-order chi connectivity index (χ1) is 9.43. The maximum atomic E-state index is 4.64. The first-order valence-corrected chi connectivity index (χ1v) is 6.65. The van der Waals surface area contributed by atoms with E-state index in [1.54, 1.807) is 4.52 Å². The van der Waals surface area contributed by atoms with Crippen LogP contribution < -0.4 is 4.90 Å². The number of para-hydroxylation sites is 1. The molecule has 0 saturated carbocycles. The van der Waals surface area contributed by atoms with Gasteiger partial charge >= 0.3 is 0 Å². The van der Waals surface area contributed by atoms with Crippen molar-refractivity contribution in [2.75, 3.05) is 18.0 Å². The summed E-state index contributed by atoms with van der Waals surface area (Å²) in [6, 6.07) is 8.16. The largest absolute Gasteiger partial charge is 0.356 e. The topological polar surface area (TPSA) is 59.2 Å². The van der Waals surface area contributed by atoms with Crippen molar-refractivity contribution in [1.29, 1.82) is 0 Å². The van der Waals surface area contributed by atoms with Gasteiger partial charge in [-0.2, -0.15) is 9.50 Å². The fourth-order valence-corrected chi connectivity index (χ4v) is 2.76. The van der Waals surface area contributed by atoms with Crippen LogP contribution in [0.3, 0.4) is 0 Å². The number of hydrogen-bond acceptors (Lipinski definition) is 5. The Labute approximate surface area is 110 Å². The van der Waals surface area contributed by atoms with E-state index in [9.17, 15) is 0 Å². The van der Waals surface area contributed by atoms with Gasteiger partial charge in [-0.1, -0.05) is 17.2 Å². The first-order valence-electron chi connectivity index (χ1n) is 6.65. The van der Waals surface area contributed by atoms with Crippen LogP contribution in [0.5, 0.6) is 0 Å². The number of fused-ring (bicyclic) bond motifs is 3. The van der Waals surface area contributed by atoms with Crippen molar-refractivity contribution in [3.05, 3.63) is 24.3 Å². The zero-order valence-electron chi connectivity index (χ0n) is 10.5. The Morgan fingerprint density at radius 1 is 1.00 bits per heavy atom. The standard InChI is InChI=1S/C13H14N6/c1-4-8-18(9-5-1)12-10-6-2-3-7-11(10)19-13(14-12)15-16-17-19/h2-3,6-7H,1,4-5,8-9H2. The Morgan fingerprint density at radius 3 is 2.74 bits per heavy atom. The Hall–Kier alpha value is -2.24. The number of piperidine rings is 1. The maximum absolute atomic E-state index is 4.64. The van der Waals surface area contributed by atoms with Crippen LogP contribution in [0.2, 0.25) is 0 Å². The molecule has 1 saturated heterocycles. The summed E-state index contributed by atoms with van der Waals surface area (Å²) in [4.78, 5) is 6.99. The van der Waals surface area contributed by atoms with Crippen LogP contribution in [-0.2, 0) is 0 Å². The molecule has 1 aliphatic heterocycles. The van der Waals surface area contributed by atoms with Crippen molar-refractivity contribution in [3.8, 4) is 0 Å². The predicted octanol–water partition coefficient (Wildman–Crippen LogP) is 1.66. The smallest absolute Gasteiger partial charge is 0.275 e. The van der Waals surface area contributed by atoms with E-state index in [1.165, 1.54) is 19.3 Å². The van der Waals surface area contributed by atoms with Crippen molar-refractivity contribution in [2.45, 2.75) is 19.3 Å². The Morgan fingerprint density at radius 2 is 1.84 bits per heavy atom. The number of anilines is 1. The zero-order valence-corrected chi connectivity index (χ0v) is 10.5. The molecule has 96 valence electrons. The Kier molecular flexibility index (Phi) is 2.33. The van der Waals surface area contributed by atoms with E-state index in [0.717, 1.165) is 29.8 Å². The van der Waals surface area contributed by atoms with Crippen molar-refractivity contribution < 1.29 is 0 Å². The van der Waals surface area contributed by atoms with E-state index < -0.39 is 0 Å². The molecule has 0 amide bonds. The first kappa shape index (κ1) is 10.7. The molecule has 6 nitrogen and oxygen atoms in total. The minimum Gasteiger partial charge on any atom is -0.356 e. The molecule has 0 radical (unpaired) electrons. The summed E-state index contributed by atoms with van der Waals surface area (Å²) in [6.45, 7) is 2.13. The number of rotatable bonds is 1. The molecule has 1 fully saturated rings. The van der Waals surface area contributed by atoms with Crippen LogP contribution in [0.4, 0.5) is 5.82 Å². The highest BCUT2D eigenvalue weighted by Gasteiger charge is 2.17. The van der Waals surface area contributed by atoms with Gasteiger partial charge in [-0.05, 0) is 41.8 Å². The van der Waals surface area contributed by atoms with Crippen molar-refractivity contribution in [1.82, 2.24) is 25.0 Å². The van der Waals surface area contributed by atoms with E-state index in [1.807, 2.05) is 18.2 Å². The summed E-state index contributed by atoms with van der Waals surface area (Å²) in [7, 11) is 0. The fraction of sp³-hybridized carbons (Fsp3) is 0.385. The van der Waals surface area contributed by atoms with Gasteiger partial charge in [0.2, 0.25) is 0 Å². The number of tetrazole rings is 1. The van der Waals surface area contributed by atoms with Gasteiger partial charge in [0.1, 0.15) is 5.82 Å². The van der Waals surface area contributed by atoms with Gasteiger partial charge in [0.05, 0.1) is 5.52 Å². The zero-order chi connectivity index (χ0) is 12.7. The number of hydrogen-bond donors (Lipinski definition) is 0. The highest BCUT2D eigenvalue weighted by Crippen LogP contribution is 2.27. The van der Waals surface area contributed by atoms with Crippen LogP contribution in [0.15, 0.2) is 24.3 Å². The molecule has 0 N–H and O–H groups in total. The summed E-state index contributed by atoms with van der Waals surface area (Å²) in [5.41, 5.74) is 1.01. The second kappa shape index (κ2) is 4.15. The lowest BCUT2D eigenvalue weighted by Gasteiger charge is -2.28.